The predicted octanol–water partition coefficient (Wildman–Crippen LogP) is -3.44. The molecule has 1 heterocycles. The number of carbonyl (C=O) groups is 6. The van der Waals surface area contributed by atoms with Crippen LogP contribution in [0.2, 0.25) is 0 Å². The molecular weight excluding hydrogens is 508 g/mol. The minimum atomic E-state index is -1.29. The standard InChI is InChI=1S/C22H38N6O10/c1-23-17(29)3-2-16(22(37)38)24-18(30)12-25-4-6-26(13-19(31)32)8-10-28(15-21(35)36)11-9-27(7-5-25)14-20(33)34/h16H,2-15H2,1H3,(H,23,29)(H,24,30)(H,31,32)(H,33,34)(H,35,36)(H,37,38)/t16-/m0/s1. The lowest BCUT2D eigenvalue weighted by molar-refractivity contribution is -0.142. The topological polar surface area (TPSA) is 220 Å². The van der Waals surface area contributed by atoms with E-state index >= 15 is 0 Å². The van der Waals surface area contributed by atoms with Crippen LogP contribution in [0.4, 0.5) is 0 Å². The summed E-state index contributed by atoms with van der Waals surface area (Å²) in [5.41, 5.74) is 0. The average molecular weight is 547 g/mol. The van der Waals surface area contributed by atoms with E-state index in [-0.39, 0.29) is 97.3 Å². The Labute approximate surface area is 220 Å². The monoisotopic (exact) mass is 546 g/mol. The number of nitrogens with zero attached hydrogens (tertiary/aromatic N) is 4. The third-order valence-electron chi connectivity index (χ3n) is 5.95. The first kappa shape index (κ1) is 32.7. The Kier molecular flexibility index (Phi) is 14.8. The number of rotatable bonds is 13. The number of carboxylic acid groups (broad SMARTS) is 4. The number of aliphatic carboxylic acids is 4. The summed E-state index contributed by atoms with van der Waals surface area (Å²) in [6.45, 7) is 0.732. The van der Waals surface area contributed by atoms with E-state index in [0.717, 1.165) is 0 Å². The third kappa shape index (κ3) is 14.4. The van der Waals surface area contributed by atoms with Gasteiger partial charge in [-0.15, -0.1) is 0 Å². The fourth-order valence-electron chi connectivity index (χ4n) is 3.89. The Morgan fingerprint density at radius 3 is 1.24 bits per heavy atom. The minimum absolute atomic E-state index is 0.0926. The summed E-state index contributed by atoms with van der Waals surface area (Å²) in [4.78, 5) is 76.2. The quantitative estimate of drug-likeness (QED) is 0.132. The molecule has 38 heavy (non-hydrogen) atoms. The Hall–Kier alpha value is -3.34. The maximum absolute atomic E-state index is 12.7. The van der Waals surface area contributed by atoms with Gasteiger partial charge >= 0.3 is 23.9 Å². The van der Waals surface area contributed by atoms with Crippen molar-refractivity contribution in [3.8, 4) is 0 Å². The molecule has 6 N–H and O–H groups in total. The number of carboxylic acids is 4. The zero-order chi connectivity index (χ0) is 28.7. The SMILES string of the molecule is CNC(=O)CC[C@H](NC(=O)CN1CCN(CC(=O)O)CCN(CC(=O)O)CCN(CC(=O)O)CC1)C(=O)O. The molecular formula is C22H38N6O10. The molecule has 0 aromatic heterocycles. The highest BCUT2D eigenvalue weighted by molar-refractivity contribution is 5.85. The van der Waals surface area contributed by atoms with Gasteiger partial charge in [-0.25, -0.2) is 4.79 Å². The Balaban J connectivity index is 2.97. The van der Waals surface area contributed by atoms with Gasteiger partial charge in [0, 0.05) is 65.8 Å². The van der Waals surface area contributed by atoms with Crippen molar-refractivity contribution in [3.63, 3.8) is 0 Å². The second-order valence-electron chi connectivity index (χ2n) is 8.96. The fourth-order valence-corrected chi connectivity index (χ4v) is 3.89. The van der Waals surface area contributed by atoms with Crippen LogP contribution in [0.1, 0.15) is 12.8 Å². The average Bonchev–Trinajstić information content (AvgIpc) is 2.81. The maximum Gasteiger partial charge on any atom is 0.326 e. The van der Waals surface area contributed by atoms with Crippen molar-refractivity contribution in [2.75, 3.05) is 85.6 Å². The lowest BCUT2D eigenvalue weighted by atomic mass is 10.1. The normalized spacial score (nSPS) is 17.9. The molecule has 16 nitrogen and oxygen atoms in total. The third-order valence-corrected chi connectivity index (χ3v) is 5.95. The summed E-state index contributed by atoms with van der Waals surface area (Å²) in [5.74, 6) is -5.46. The van der Waals surface area contributed by atoms with Crippen LogP contribution in [0.25, 0.3) is 0 Å². The molecule has 0 saturated carbocycles. The minimum Gasteiger partial charge on any atom is -0.480 e. The van der Waals surface area contributed by atoms with Gasteiger partial charge in [-0.05, 0) is 6.42 Å². The zero-order valence-corrected chi connectivity index (χ0v) is 21.5. The molecule has 0 aromatic rings. The molecule has 1 aliphatic rings. The molecule has 1 atom stereocenters. The van der Waals surface area contributed by atoms with Crippen molar-refractivity contribution in [3.05, 3.63) is 0 Å². The summed E-state index contributed by atoms with van der Waals surface area (Å²) in [5, 5.41) is 42.0. The molecule has 0 radical (unpaired) electrons. The van der Waals surface area contributed by atoms with E-state index in [9.17, 15) is 49.2 Å². The fraction of sp³-hybridized carbons (Fsp3) is 0.727. The molecule has 216 valence electrons. The van der Waals surface area contributed by atoms with Gasteiger partial charge in [0.25, 0.3) is 0 Å². The second kappa shape index (κ2) is 17.2. The van der Waals surface area contributed by atoms with Crippen LogP contribution in [0.15, 0.2) is 0 Å². The van der Waals surface area contributed by atoms with Gasteiger partial charge < -0.3 is 31.1 Å². The second-order valence-corrected chi connectivity index (χ2v) is 8.96. The first-order chi connectivity index (χ1) is 17.9. The van der Waals surface area contributed by atoms with Crippen LogP contribution in [-0.2, 0) is 28.8 Å². The number of amides is 2. The number of carbonyl (C=O) groups excluding carboxylic acids is 2. The number of nitrogens with one attached hydrogen (secondary N) is 2. The largest absolute Gasteiger partial charge is 0.480 e. The lowest BCUT2D eigenvalue weighted by Crippen LogP contribution is -2.51. The molecule has 1 aliphatic heterocycles. The van der Waals surface area contributed by atoms with Crippen molar-refractivity contribution in [2.45, 2.75) is 18.9 Å². The van der Waals surface area contributed by atoms with Gasteiger partial charge in [0.2, 0.25) is 11.8 Å². The molecule has 1 saturated heterocycles. The summed E-state index contributed by atoms with van der Waals surface area (Å²) >= 11 is 0. The van der Waals surface area contributed by atoms with Gasteiger partial charge in [0.05, 0.1) is 26.2 Å². The molecule has 0 bridgehead atoms. The summed E-state index contributed by atoms with van der Waals surface area (Å²) in [7, 11) is 1.42. The Morgan fingerprint density at radius 1 is 0.605 bits per heavy atom. The van der Waals surface area contributed by atoms with Crippen LogP contribution in [0.3, 0.4) is 0 Å². The van der Waals surface area contributed by atoms with Crippen LogP contribution < -0.4 is 10.6 Å². The first-order valence-electron chi connectivity index (χ1n) is 12.2. The molecule has 2 amide bonds. The van der Waals surface area contributed by atoms with E-state index in [0.29, 0.717) is 0 Å². The zero-order valence-electron chi connectivity index (χ0n) is 21.5. The van der Waals surface area contributed by atoms with Crippen molar-refractivity contribution < 1.29 is 49.2 Å². The van der Waals surface area contributed by atoms with E-state index in [1.807, 2.05) is 0 Å². The van der Waals surface area contributed by atoms with Gasteiger partial charge in [0.15, 0.2) is 0 Å². The molecule has 1 rings (SSSR count). The molecule has 1 fully saturated rings. The van der Waals surface area contributed by atoms with Crippen molar-refractivity contribution in [1.29, 1.82) is 0 Å². The molecule has 0 aromatic carbocycles. The van der Waals surface area contributed by atoms with Crippen LogP contribution in [-0.4, -0.2) is 167 Å². The smallest absolute Gasteiger partial charge is 0.326 e. The Morgan fingerprint density at radius 2 is 0.947 bits per heavy atom. The lowest BCUT2D eigenvalue weighted by Gasteiger charge is -2.33. The van der Waals surface area contributed by atoms with Crippen molar-refractivity contribution in [1.82, 2.24) is 30.2 Å². The first-order valence-corrected chi connectivity index (χ1v) is 12.2. The number of hydrogen-bond acceptors (Lipinski definition) is 10. The predicted molar refractivity (Wildman–Crippen MR) is 132 cm³/mol. The van der Waals surface area contributed by atoms with Crippen LogP contribution in [0, 0.1) is 0 Å². The molecule has 0 aliphatic carbocycles. The van der Waals surface area contributed by atoms with Gasteiger partial charge in [0.1, 0.15) is 6.04 Å². The van der Waals surface area contributed by atoms with E-state index in [1.54, 1.807) is 19.6 Å². The Bertz CT molecular complexity index is 809. The maximum atomic E-state index is 12.7. The number of hydrogen-bond donors (Lipinski definition) is 6. The highest BCUT2D eigenvalue weighted by Gasteiger charge is 2.24. The van der Waals surface area contributed by atoms with Crippen LogP contribution >= 0.6 is 0 Å². The summed E-state index contributed by atoms with van der Waals surface area (Å²) in [6, 6.07) is -1.28. The van der Waals surface area contributed by atoms with Crippen molar-refractivity contribution in [2.24, 2.45) is 0 Å². The molecule has 16 heteroatoms. The summed E-state index contributed by atoms with van der Waals surface area (Å²) in [6.07, 6.45) is -0.197. The summed E-state index contributed by atoms with van der Waals surface area (Å²) < 4.78 is 0. The highest BCUT2D eigenvalue weighted by atomic mass is 16.4. The van der Waals surface area contributed by atoms with Gasteiger partial charge in [-0.1, -0.05) is 0 Å². The molecule has 0 spiro atoms. The van der Waals surface area contributed by atoms with Crippen LogP contribution in [0.5, 0.6) is 0 Å². The highest BCUT2D eigenvalue weighted by Crippen LogP contribution is 2.03. The van der Waals surface area contributed by atoms with E-state index < -0.39 is 35.8 Å². The van der Waals surface area contributed by atoms with E-state index in [1.165, 1.54) is 7.05 Å². The van der Waals surface area contributed by atoms with E-state index in [2.05, 4.69) is 10.6 Å². The molecule has 0 unspecified atom stereocenters. The van der Waals surface area contributed by atoms with Gasteiger partial charge in [-0.2, -0.15) is 0 Å². The van der Waals surface area contributed by atoms with Crippen molar-refractivity contribution >= 4 is 35.7 Å². The van der Waals surface area contributed by atoms with Gasteiger partial charge in [-0.3, -0.25) is 43.6 Å². The van der Waals surface area contributed by atoms with E-state index in [4.69, 9.17) is 0 Å².